The first-order valence-electron chi connectivity index (χ1n) is 10.8. The van der Waals surface area contributed by atoms with Gasteiger partial charge < -0.3 is 14.5 Å². The van der Waals surface area contributed by atoms with E-state index in [1.54, 1.807) is 17.0 Å². The summed E-state index contributed by atoms with van der Waals surface area (Å²) in [6, 6.07) is 5.80. The molecule has 0 saturated heterocycles. The van der Waals surface area contributed by atoms with Crippen molar-refractivity contribution in [1.29, 1.82) is 0 Å². The second-order valence-corrected chi connectivity index (χ2v) is 8.58. The molecule has 10 heteroatoms. The van der Waals surface area contributed by atoms with Crippen LogP contribution >= 0.6 is 11.6 Å². The third kappa shape index (κ3) is 6.27. The topological polar surface area (TPSA) is 83.8 Å². The number of fused-ring (bicyclic) bond motifs is 1. The Balaban J connectivity index is 1.96. The minimum absolute atomic E-state index is 0.0191. The fourth-order valence-corrected chi connectivity index (χ4v) is 4.03. The van der Waals surface area contributed by atoms with Gasteiger partial charge in [0, 0.05) is 50.9 Å². The van der Waals surface area contributed by atoms with E-state index < -0.39 is 0 Å². The molecule has 2 heterocycles. The zero-order chi connectivity index (χ0) is 23.1. The smallest absolute Gasteiger partial charge is 0.252 e. The number of carbonyl (C=O) groups excluding carboxylic acids is 2. The van der Waals surface area contributed by atoms with E-state index in [1.165, 1.54) is 24.4 Å². The number of hydrogen-bond donors (Lipinski definition) is 0. The van der Waals surface area contributed by atoms with Crippen LogP contribution in [0.15, 0.2) is 30.9 Å². The molecule has 0 bridgehead atoms. The second kappa shape index (κ2) is 11.4. The van der Waals surface area contributed by atoms with Crippen molar-refractivity contribution in [3.63, 3.8) is 0 Å². The predicted molar refractivity (Wildman–Crippen MR) is 122 cm³/mol. The van der Waals surface area contributed by atoms with Crippen molar-refractivity contribution in [2.24, 2.45) is 0 Å². The number of methoxy groups -OCH3 is 1. The highest BCUT2D eigenvalue weighted by molar-refractivity contribution is 6.31. The second-order valence-electron chi connectivity index (χ2n) is 8.14. The lowest BCUT2D eigenvalue weighted by Gasteiger charge is -2.30. The van der Waals surface area contributed by atoms with Crippen molar-refractivity contribution in [2.45, 2.75) is 39.4 Å². The van der Waals surface area contributed by atoms with E-state index >= 15 is 0 Å². The number of ether oxygens (including phenoxy) is 1. The Morgan fingerprint density at radius 3 is 2.66 bits per heavy atom. The summed E-state index contributed by atoms with van der Waals surface area (Å²) in [7, 11) is 1.51. The molecule has 32 heavy (non-hydrogen) atoms. The Labute approximate surface area is 193 Å². The minimum Gasteiger partial charge on any atom is -0.375 e. The first-order valence-corrected chi connectivity index (χ1v) is 11.2. The Hall–Kier alpha value is -2.49. The van der Waals surface area contributed by atoms with E-state index in [4.69, 9.17) is 16.3 Å². The van der Waals surface area contributed by atoms with Gasteiger partial charge in [-0.25, -0.2) is 9.67 Å². The van der Waals surface area contributed by atoms with Gasteiger partial charge in [0.05, 0.1) is 5.69 Å². The molecule has 0 unspecified atom stereocenters. The fourth-order valence-electron chi connectivity index (χ4n) is 3.86. The molecule has 0 atom stereocenters. The van der Waals surface area contributed by atoms with E-state index in [2.05, 4.69) is 28.8 Å². The average Bonchev–Trinajstić information content (AvgIpc) is 3.24. The minimum atomic E-state index is -0.133. The first kappa shape index (κ1) is 24.2. The van der Waals surface area contributed by atoms with Crippen molar-refractivity contribution in [3.8, 4) is 0 Å². The van der Waals surface area contributed by atoms with Gasteiger partial charge in [0.2, 0.25) is 5.91 Å². The number of halogens is 1. The maximum atomic E-state index is 13.2. The summed E-state index contributed by atoms with van der Waals surface area (Å²) in [6.45, 7) is 7.41. The van der Waals surface area contributed by atoms with Crippen LogP contribution in [0.4, 0.5) is 5.69 Å². The van der Waals surface area contributed by atoms with Gasteiger partial charge >= 0.3 is 0 Å². The number of aromatic nitrogens is 3. The van der Waals surface area contributed by atoms with Crippen molar-refractivity contribution < 1.29 is 14.3 Å². The standard InChI is InChI=1S/C22H31ClN6O3/c1-17(2)26-7-4-8-29(22(31)14-32-3)20-11-19(23)6-5-18(20)12-27(10-9-26)21(30)13-28-16-24-15-25-28/h5-6,11,15-17H,4,7-10,12-14H2,1-3H3. The number of benzene rings is 1. The lowest BCUT2D eigenvalue weighted by molar-refractivity contribution is -0.133. The molecular weight excluding hydrogens is 432 g/mol. The maximum Gasteiger partial charge on any atom is 0.252 e. The quantitative estimate of drug-likeness (QED) is 0.676. The number of nitrogens with zero attached hydrogens (tertiary/aromatic N) is 6. The third-order valence-electron chi connectivity index (χ3n) is 5.60. The summed E-state index contributed by atoms with van der Waals surface area (Å²) in [4.78, 5) is 35.9. The third-order valence-corrected chi connectivity index (χ3v) is 5.83. The van der Waals surface area contributed by atoms with Gasteiger partial charge in [-0.1, -0.05) is 17.7 Å². The van der Waals surface area contributed by atoms with E-state index in [0.717, 1.165) is 30.8 Å². The molecule has 3 rings (SSSR count). The summed E-state index contributed by atoms with van der Waals surface area (Å²) >= 11 is 6.31. The van der Waals surface area contributed by atoms with Crippen LogP contribution in [0.1, 0.15) is 25.8 Å². The van der Waals surface area contributed by atoms with Crippen LogP contribution in [0.5, 0.6) is 0 Å². The molecule has 1 aliphatic heterocycles. The molecule has 0 aliphatic carbocycles. The summed E-state index contributed by atoms with van der Waals surface area (Å²) in [5.41, 5.74) is 1.58. The van der Waals surface area contributed by atoms with Gasteiger partial charge in [0.1, 0.15) is 25.8 Å². The van der Waals surface area contributed by atoms with Crippen LogP contribution in [-0.2, 0) is 27.4 Å². The van der Waals surface area contributed by atoms with E-state index in [0.29, 0.717) is 30.7 Å². The molecule has 174 valence electrons. The summed E-state index contributed by atoms with van der Waals surface area (Å²) < 4.78 is 6.64. The molecule has 9 nitrogen and oxygen atoms in total. The normalized spacial score (nSPS) is 16.0. The SMILES string of the molecule is COCC(=O)N1CCCN(C(C)C)CCN(C(=O)Cn2cncn2)Cc2ccc(Cl)cc21. The van der Waals surface area contributed by atoms with Crippen molar-refractivity contribution in [3.05, 3.63) is 41.4 Å². The number of carbonyl (C=O) groups is 2. The van der Waals surface area contributed by atoms with Crippen LogP contribution in [0, 0.1) is 0 Å². The molecule has 0 fully saturated rings. The van der Waals surface area contributed by atoms with E-state index in [-0.39, 0.29) is 25.0 Å². The average molecular weight is 463 g/mol. The Kier molecular flexibility index (Phi) is 8.60. The Morgan fingerprint density at radius 1 is 1.16 bits per heavy atom. The highest BCUT2D eigenvalue weighted by Gasteiger charge is 2.24. The predicted octanol–water partition coefficient (Wildman–Crippen LogP) is 2.05. The highest BCUT2D eigenvalue weighted by Crippen LogP contribution is 2.28. The van der Waals surface area contributed by atoms with Crippen molar-refractivity contribution in [2.75, 3.05) is 44.8 Å². The van der Waals surface area contributed by atoms with Crippen LogP contribution in [0.25, 0.3) is 0 Å². The molecule has 0 saturated carbocycles. The maximum absolute atomic E-state index is 13.2. The van der Waals surface area contributed by atoms with Crippen LogP contribution in [0.3, 0.4) is 0 Å². The number of amides is 2. The molecule has 2 aromatic rings. The number of anilines is 1. The molecule has 0 N–H and O–H groups in total. The largest absolute Gasteiger partial charge is 0.375 e. The highest BCUT2D eigenvalue weighted by atomic mass is 35.5. The van der Waals surface area contributed by atoms with Crippen LogP contribution < -0.4 is 4.90 Å². The lowest BCUT2D eigenvalue weighted by atomic mass is 10.1. The Bertz CT molecular complexity index is 905. The molecule has 1 aromatic heterocycles. The molecular formula is C22H31ClN6O3. The van der Waals surface area contributed by atoms with Gasteiger partial charge in [-0.15, -0.1) is 0 Å². The molecule has 0 spiro atoms. The van der Waals surface area contributed by atoms with E-state index in [9.17, 15) is 9.59 Å². The summed E-state index contributed by atoms with van der Waals surface area (Å²) in [6.07, 6.45) is 3.74. The molecule has 1 aromatic carbocycles. The van der Waals surface area contributed by atoms with Crippen molar-refractivity contribution in [1.82, 2.24) is 24.6 Å². The number of hydrogen-bond acceptors (Lipinski definition) is 6. The van der Waals surface area contributed by atoms with Gasteiger partial charge in [0.15, 0.2) is 0 Å². The van der Waals surface area contributed by atoms with Crippen molar-refractivity contribution >= 4 is 29.1 Å². The van der Waals surface area contributed by atoms with Gasteiger partial charge in [-0.3, -0.25) is 14.5 Å². The number of rotatable bonds is 5. The molecule has 0 radical (unpaired) electrons. The van der Waals surface area contributed by atoms with Crippen LogP contribution in [-0.4, -0.2) is 82.3 Å². The summed E-state index contributed by atoms with van der Waals surface area (Å²) in [5, 5.41) is 4.60. The van der Waals surface area contributed by atoms with E-state index in [1.807, 2.05) is 11.0 Å². The first-order chi connectivity index (χ1) is 15.4. The fraction of sp³-hybridized carbons (Fsp3) is 0.545. The zero-order valence-electron chi connectivity index (χ0n) is 18.9. The molecule has 2 amide bonds. The van der Waals surface area contributed by atoms with Gasteiger partial charge in [-0.05, 0) is 38.0 Å². The Morgan fingerprint density at radius 2 is 1.97 bits per heavy atom. The van der Waals surface area contributed by atoms with Crippen LogP contribution in [0.2, 0.25) is 5.02 Å². The monoisotopic (exact) mass is 462 g/mol. The lowest BCUT2D eigenvalue weighted by Crippen LogP contribution is -2.42. The summed E-state index contributed by atoms with van der Waals surface area (Å²) in [5.74, 6) is -0.194. The zero-order valence-corrected chi connectivity index (χ0v) is 19.7. The van der Waals surface area contributed by atoms with Gasteiger partial charge in [-0.2, -0.15) is 5.10 Å². The van der Waals surface area contributed by atoms with Gasteiger partial charge in [0.25, 0.3) is 5.91 Å². The molecule has 1 aliphatic rings.